The van der Waals surface area contributed by atoms with Crippen molar-refractivity contribution >= 4 is 34.4 Å². The van der Waals surface area contributed by atoms with E-state index >= 15 is 0 Å². The summed E-state index contributed by atoms with van der Waals surface area (Å²) in [6.07, 6.45) is 1.63. The summed E-state index contributed by atoms with van der Waals surface area (Å²) >= 11 is 6.29. The van der Waals surface area contributed by atoms with Gasteiger partial charge in [-0.2, -0.15) is 0 Å². The van der Waals surface area contributed by atoms with Crippen LogP contribution in [0.15, 0.2) is 24.5 Å². The molecule has 2 fully saturated rings. The summed E-state index contributed by atoms with van der Waals surface area (Å²) in [4.78, 5) is 35.9. The molecule has 1 aromatic carbocycles. The number of nitrogens with zero attached hydrogens (tertiary/aromatic N) is 3. The Morgan fingerprint density at radius 1 is 1.13 bits per heavy atom. The van der Waals surface area contributed by atoms with E-state index in [4.69, 9.17) is 16.3 Å². The zero-order valence-electron chi connectivity index (χ0n) is 18.1. The Bertz CT molecular complexity index is 1000. The molecule has 2 aromatic rings. The number of aromatic nitrogens is 2. The van der Waals surface area contributed by atoms with Crippen LogP contribution in [0.2, 0.25) is 5.02 Å². The Labute approximate surface area is 182 Å². The van der Waals surface area contributed by atoms with Crippen LogP contribution >= 0.6 is 11.6 Å². The molecule has 4 rings (SSSR count). The molecule has 3 atom stereocenters. The summed E-state index contributed by atoms with van der Waals surface area (Å²) in [6, 6.07) is 5.64. The molecule has 1 aliphatic heterocycles. The zero-order chi connectivity index (χ0) is 21.8. The molecular formula is C23H28ClN3O3. The van der Waals surface area contributed by atoms with Crippen LogP contribution in [0.1, 0.15) is 46.7 Å². The number of ketones is 1. The van der Waals surface area contributed by atoms with Crippen molar-refractivity contribution in [2.24, 2.45) is 17.8 Å². The Hall–Kier alpha value is -2.21. The predicted molar refractivity (Wildman–Crippen MR) is 115 cm³/mol. The highest BCUT2D eigenvalue weighted by molar-refractivity contribution is 6.35. The third-order valence-electron chi connectivity index (χ3n) is 6.09. The molecule has 0 radical (unpaired) electrons. The highest BCUT2D eigenvalue weighted by atomic mass is 35.5. The number of likely N-dealkylation sites (tertiary alicyclic amines) is 1. The van der Waals surface area contributed by atoms with E-state index in [0.717, 1.165) is 11.1 Å². The van der Waals surface area contributed by atoms with Crippen LogP contribution in [0.5, 0.6) is 0 Å². The smallest absolute Gasteiger partial charge is 0.410 e. The number of para-hydroxylation sites is 1. The minimum absolute atomic E-state index is 0.0275. The van der Waals surface area contributed by atoms with Gasteiger partial charge in [0.25, 0.3) is 0 Å². The molecule has 2 aliphatic rings. The lowest BCUT2D eigenvalue weighted by atomic mass is 9.80. The lowest BCUT2D eigenvalue weighted by molar-refractivity contribution is -0.122. The van der Waals surface area contributed by atoms with Gasteiger partial charge in [-0.1, -0.05) is 37.6 Å². The summed E-state index contributed by atoms with van der Waals surface area (Å²) in [5.74, 6) is 0.766. The lowest BCUT2D eigenvalue weighted by Crippen LogP contribution is -2.37. The molecule has 0 bridgehead atoms. The van der Waals surface area contributed by atoms with Crippen LogP contribution in [0.4, 0.5) is 4.79 Å². The molecule has 30 heavy (non-hydrogen) atoms. The second-order valence-corrected chi connectivity index (χ2v) is 10.5. The molecular weight excluding hydrogens is 402 g/mol. The maximum atomic E-state index is 13.1. The van der Waals surface area contributed by atoms with Crippen LogP contribution < -0.4 is 0 Å². The molecule has 160 valence electrons. The number of hydrogen-bond donors (Lipinski definition) is 0. The van der Waals surface area contributed by atoms with Gasteiger partial charge in [0.05, 0.1) is 16.2 Å². The molecule has 7 heteroatoms. The molecule has 1 unspecified atom stereocenters. The number of Topliss-reactive ketones (excluding diaryl/α,β-unsaturated/α-hetero) is 1. The quantitative estimate of drug-likeness (QED) is 0.708. The van der Waals surface area contributed by atoms with Gasteiger partial charge in [-0.25, -0.2) is 14.8 Å². The highest BCUT2D eigenvalue weighted by Gasteiger charge is 2.60. The van der Waals surface area contributed by atoms with Gasteiger partial charge in [-0.05, 0) is 38.7 Å². The first-order valence-corrected chi connectivity index (χ1v) is 10.8. The minimum Gasteiger partial charge on any atom is -0.444 e. The second-order valence-electron chi connectivity index (χ2n) is 10.1. The van der Waals surface area contributed by atoms with Crippen LogP contribution in [0.3, 0.4) is 0 Å². The molecule has 1 saturated heterocycles. The molecule has 1 amide bonds. The molecule has 1 aliphatic carbocycles. The summed E-state index contributed by atoms with van der Waals surface area (Å²) < 4.78 is 5.45. The van der Waals surface area contributed by atoms with E-state index in [1.807, 2.05) is 46.8 Å². The zero-order valence-corrected chi connectivity index (χ0v) is 18.9. The number of benzene rings is 1. The van der Waals surface area contributed by atoms with Crippen molar-refractivity contribution in [1.82, 2.24) is 14.9 Å². The van der Waals surface area contributed by atoms with E-state index in [0.29, 0.717) is 30.0 Å². The number of piperidine rings is 1. The number of hydrogen-bond acceptors (Lipinski definition) is 5. The van der Waals surface area contributed by atoms with E-state index in [9.17, 15) is 9.59 Å². The molecule has 2 heterocycles. The Balaban J connectivity index is 1.43. The van der Waals surface area contributed by atoms with Gasteiger partial charge in [-0.3, -0.25) is 4.79 Å². The first-order chi connectivity index (χ1) is 14.0. The van der Waals surface area contributed by atoms with Crippen molar-refractivity contribution in [1.29, 1.82) is 0 Å². The number of ether oxygens (including phenoxy) is 1. The summed E-state index contributed by atoms with van der Waals surface area (Å²) in [5.41, 5.74) is 0.599. The third kappa shape index (κ3) is 3.89. The lowest BCUT2D eigenvalue weighted by Gasteiger charge is -2.27. The van der Waals surface area contributed by atoms with Crippen LogP contribution in [0.25, 0.3) is 10.9 Å². The van der Waals surface area contributed by atoms with Gasteiger partial charge < -0.3 is 9.64 Å². The van der Waals surface area contributed by atoms with E-state index in [1.54, 1.807) is 11.0 Å². The van der Waals surface area contributed by atoms with E-state index in [2.05, 4.69) is 9.97 Å². The number of rotatable bonds is 4. The van der Waals surface area contributed by atoms with Crippen molar-refractivity contribution < 1.29 is 14.3 Å². The highest BCUT2D eigenvalue weighted by Crippen LogP contribution is 2.53. The number of carbonyl (C=O) groups excluding carboxylic acids is 2. The monoisotopic (exact) mass is 429 g/mol. The average Bonchev–Trinajstić information content (AvgIpc) is 3.14. The summed E-state index contributed by atoms with van der Waals surface area (Å²) in [6.45, 7) is 10.9. The maximum absolute atomic E-state index is 13.1. The van der Waals surface area contributed by atoms with E-state index in [1.165, 1.54) is 6.33 Å². The largest absolute Gasteiger partial charge is 0.444 e. The van der Waals surface area contributed by atoms with Gasteiger partial charge in [-0.15, -0.1) is 0 Å². The fourth-order valence-corrected chi connectivity index (χ4v) is 4.93. The number of carbonyl (C=O) groups is 2. The Morgan fingerprint density at radius 3 is 2.43 bits per heavy atom. The first kappa shape index (κ1) is 21.0. The normalized spacial score (nSPS) is 23.4. The fourth-order valence-electron chi connectivity index (χ4n) is 4.71. The fraction of sp³-hybridized carbons (Fsp3) is 0.565. The second kappa shape index (κ2) is 7.19. The number of fused-ring (bicyclic) bond motifs is 2. The van der Waals surface area contributed by atoms with Crippen molar-refractivity contribution in [3.05, 3.63) is 35.2 Å². The third-order valence-corrected chi connectivity index (χ3v) is 6.40. The van der Waals surface area contributed by atoms with Crippen molar-refractivity contribution in [3.63, 3.8) is 0 Å². The first-order valence-electron chi connectivity index (χ1n) is 10.4. The van der Waals surface area contributed by atoms with Crippen LogP contribution in [0, 0.1) is 17.8 Å². The van der Waals surface area contributed by atoms with Gasteiger partial charge in [0, 0.05) is 36.2 Å². The standard InChI is InChI=1S/C23H28ClN3O3/c1-22(2,3)30-21(29)27-10-14-15(11-27)18(14)17(28)9-23(4,5)20-13-7-6-8-16(24)19(13)25-12-26-20/h6-8,12,14-15,18H,9-11H2,1-5H3/t14-,15+,18?. The summed E-state index contributed by atoms with van der Waals surface area (Å²) in [7, 11) is 0. The Morgan fingerprint density at radius 2 is 1.80 bits per heavy atom. The number of amides is 1. The number of halogens is 1. The van der Waals surface area contributed by atoms with Crippen molar-refractivity contribution in [2.75, 3.05) is 13.1 Å². The Kier molecular flexibility index (Phi) is 5.04. The molecule has 0 N–H and O–H groups in total. The minimum atomic E-state index is -0.508. The molecule has 1 aromatic heterocycles. The SMILES string of the molecule is CC(C)(C)OC(=O)N1C[C@@H]2C(C(=O)CC(C)(C)c3ncnc4c(Cl)cccc34)[C@@H]2C1. The van der Waals surface area contributed by atoms with Crippen LogP contribution in [-0.2, 0) is 14.9 Å². The van der Waals surface area contributed by atoms with Gasteiger partial charge in [0.1, 0.15) is 17.7 Å². The van der Waals surface area contributed by atoms with Crippen LogP contribution in [-0.4, -0.2) is 45.4 Å². The van der Waals surface area contributed by atoms with E-state index < -0.39 is 11.0 Å². The molecule has 0 spiro atoms. The summed E-state index contributed by atoms with van der Waals surface area (Å²) in [5, 5.41) is 1.46. The maximum Gasteiger partial charge on any atom is 0.410 e. The van der Waals surface area contributed by atoms with Gasteiger partial charge in [0.2, 0.25) is 0 Å². The molecule has 1 saturated carbocycles. The van der Waals surface area contributed by atoms with Crippen molar-refractivity contribution in [2.45, 2.75) is 52.1 Å². The predicted octanol–water partition coefficient (Wildman–Crippen LogP) is 4.63. The average molecular weight is 430 g/mol. The van der Waals surface area contributed by atoms with E-state index in [-0.39, 0.29) is 29.6 Å². The van der Waals surface area contributed by atoms with Gasteiger partial charge >= 0.3 is 6.09 Å². The molecule has 6 nitrogen and oxygen atoms in total. The van der Waals surface area contributed by atoms with Gasteiger partial charge in [0.15, 0.2) is 0 Å². The topological polar surface area (TPSA) is 72.4 Å². The van der Waals surface area contributed by atoms with Crippen molar-refractivity contribution in [3.8, 4) is 0 Å².